The van der Waals surface area contributed by atoms with E-state index in [4.69, 9.17) is 4.74 Å². The summed E-state index contributed by atoms with van der Waals surface area (Å²) < 4.78 is 7.58. The lowest BCUT2D eigenvalue weighted by Gasteiger charge is -2.19. The Morgan fingerprint density at radius 1 is 1.06 bits per heavy atom. The molecule has 5 heteroatoms. The lowest BCUT2D eigenvalue weighted by Crippen LogP contribution is -2.30. The summed E-state index contributed by atoms with van der Waals surface area (Å²) in [6.07, 6.45) is 5.82. The largest absolute Gasteiger partial charge is 0.492 e. The van der Waals surface area contributed by atoms with Gasteiger partial charge in [-0.15, -0.1) is 0 Å². The van der Waals surface area contributed by atoms with E-state index in [-0.39, 0.29) is 12.4 Å². The van der Waals surface area contributed by atoms with Crippen LogP contribution < -0.4 is 4.74 Å². The molecule has 1 heterocycles. The van der Waals surface area contributed by atoms with E-state index < -0.39 is 11.4 Å². The zero-order valence-electron chi connectivity index (χ0n) is 18.0. The van der Waals surface area contributed by atoms with Crippen LogP contribution in [0.2, 0.25) is 0 Å². The number of aliphatic carboxylic acids is 1. The lowest BCUT2D eigenvalue weighted by atomic mass is 9.95. The number of ketones is 1. The minimum atomic E-state index is -0.958. The molecular formula is C26H27NO4. The van der Waals surface area contributed by atoms with Crippen LogP contribution in [0.3, 0.4) is 0 Å². The van der Waals surface area contributed by atoms with E-state index in [1.54, 1.807) is 19.9 Å². The minimum absolute atomic E-state index is 0.00478. The van der Waals surface area contributed by atoms with Gasteiger partial charge in [0.2, 0.25) is 5.78 Å². The molecule has 3 aromatic rings. The van der Waals surface area contributed by atoms with Crippen molar-refractivity contribution in [2.24, 2.45) is 5.41 Å². The number of ether oxygens (including phenoxy) is 1. The molecule has 0 aliphatic heterocycles. The van der Waals surface area contributed by atoms with Gasteiger partial charge in [-0.25, -0.2) is 0 Å². The monoisotopic (exact) mass is 417 g/mol. The highest BCUT2D eigenvalue weighted by molar-refractivity contribution is 6.08. The summed E-state index contributed by atoms with van der Waals surface area (Å²) in [4.78, 5) is 24.0. The number of aryl methyl sites for hydroxylation is 1. The van der Waals surface area contributed by atoms with E-state index in [2.05, 4.69) is 0 Å². The van der Waals surface area contributed by atoms with Crippen molar-refractivity contribution >= 4 is 17.8 Å². The average molecular weight is 418 g/mol. The first-order valence-corrected chi connectivity index (χ1v) is 10.2. The minimum Gasteiger partial charge on any atom is -0.492 e. The van der Waals surface area contributed by atoms with Crippen LogP contribution in [0.5, 0.6) is 5.75 Å². The third-order valence-electron chi connectivity index (χ3n) is 5.03. The Bertz CT molecular complexity index is 1090. The number of benzene rings is 2. The van der Waals surface area contributed by atoms with Gasteiger partial charge in [-0.05, 0) is 50.6 Å². The number of carbonyl (C=O) groups is 2. The number of hydrogen-bond acceptors (Lipinski definition) is 3. The van der Waals surface area contributed by atoms with Gasteiger partial charge in [-0.3, -0.25) is 9.59 Å². The predicted molar refractivity (Wildman–Crippen MR) is 121 cm³/mol. The average Bonchev–Trinajstić information content (AvgIpc) is 3.21. The molecule has 0 aliphatic rings. The van der Waals surface area contributed by atoms with Crippen LogP contribution in [0.15, 0.2) is 72.9 Å². The van der Waals surface area contributed by atoms with Gasteiger partial charge in [0.25, 0.3) is 0 Å². The molecule has 160 valence electrons. The number of aromatic nitrogens is 1. The molecule has 3 rings (SSSR count). The fourth-order valence-electron chi connectivity index (χ4n) is 2.97. The summed E-state index contributed by atoms with van der Waals surface area (Å²) in [5.41, 5.74) is 2.41. The van der Waals surface area contributed by atoms with E-state index in [9.17, 15) is 14.7 Å². The summed E-state index contributed by atoms with van der Waals surface area (Å²) in [6.45, 7) is 5.90. The molecular weight excluding hydrogens is 390 g/mol. The molecule has 0 amide bonds. The second-order valence-electron chi connectivity index (χ2n) is 8.19. The van der Waals surface area contributed by atoms with Crippen molar-refractivity contribution in [2.75, 3.05) is 6.61 Å². The van der Waals surface area contributed by atoms with Crippen LogP contribution >= 0.6 is 0 Å². The van der Waals surface area contributed by atoms with Crippen LogP contribution in [0.4, 0.5) is 0 Å². The second kappa shape index (κ2) is 9.47. The Hall–Kier alpha value is -3.60. The lowest BCUT2D eigenvalue weighted by molar-refractivity contribution is -0.148. The van der Waals surface area contributed by atoms with Crippen molar-refractivity contribution in [3.8, 4) is 5.75 Å². The summed E-state index contributed by atoms with van der Waals surface area (Å²) in [6, 6.07) is 18.7. The maximum Gasteiger partial charge on any atom is 0.312 e. The van der Waals surface area contributed by atoms with E-state index in [0.29, 0.717) is 23.6 Å². The predicted octanol–water partition coefficient (Wildman–Crippen LogP) is 5.23. The van der Waals surface area contributed by atoms with E-state index in [1.807, 2.05) is 84.4 Å². The summed E-state index contributed by atoms with van der Waals surface area (Å²) >= 11 is 0. The van der Waals surface area contributed by atoms with Crippen molar-refractivity contribution in [2.45, 2.75) is 27.3 Å². The normalized spacial score (nSPS) is 11.6. The highest BCUT2D eigenvalue weighted by atomic mass is 16.5. The molecule has 0 spiro atoms. The van der Waals surface area contributed by atoms with Crippen molar-refractivity contribution in [3.63, 3.8) is 0 Å². The van der Waals surface area contributed by atoms with Crippen LogP contribution in [-0.4, -0.2) is 28.0 Å². The molecule has 0 bridgehead atoms. The number of carbonyl (C=O) groups excluding carboxylic acids is 1. The fourth-order valence-corrected chi connectivity index (χ4v) is 2.97. The molecule has 0 saturated heterocycles. The molecule has 0 unspecified atom stereocenters. The molecule has 0 aliphatic carbocycles. The Balaban J connectivity index is 1.65. The zero-order chi connectivity index (χ0) is 22.4. The van der Waals surface area contributed by atoms with Crippen LogP contribution in [-0.2, 0) is 11.3 Å². The number of carboxylic acid groups (broad SMARTS) is 1. The first-order valence-electron chi connectivity index (χ1n) is 10.2. The molecule has 31 heavy (non-hydrogen) atoms. The number of hydrogen-bond donors (Lipinski definition) is 1. The fraction of sp³-hybridized carbons (Fsp3) is 0.231. The highest BCUT2D eigenvalue weighted by Gasteiger charge is 2.28. The van der Waals surface area contributed by atoms with E-state index in [0.717, 1.165) is 11.1 Å². The third kappa shape index (κ3) is 5.72. The Morgan fingerprint density at radius 3 is 2.52 bits per heavy atom. The molecule has 5 nitrogen and oxygen atoms in total. The highest BCUT2D eigenvalue weighted by Crippen LogP contribution is 2.20. The number of allylic oxidation sites excluding steroid dienone is 1. The standard InChI is InChI=1S/C26H27NO4/c1-19-11-13-21(14-12-19)24(28)23-10-6-16-27(23)15-5-8-20-7-4-9-22(17-20)31-18-26(2,3)25(29)30/h4-14,16-17H,15,18H2,1-3H3,(H,29,30). The van der Waals surface area contributed by atoms with E-state index >= 15 is 0 Å². The van der Waals surface area contributed by atoms with Gasteiger partial charge in [0.15, 0.2) is 0 Å². The number of rotatable bonds is 9. The van der Waals surface area contributed by atoms with Crippen LogP contribution in [0.25, 0.3) is 6.08 Å². The summed E-state index contributed by atoms with van der Waals surface area (Å²) in [7, 11) is 0. The third-order valence-corrected chi connectivity index (χ3v) is 5.03. The zero-order valence-corrected chi connectivity index (χ0v) is 18.0. The van der Waals surface area contributed by atoms with E-state index in [1.165, 1.54) is 0 Å². The number of nitrogens with zero attached hydrogens (tertiary/aromatic N) is 1. The maximum absolute atomic E-state index is 12.8. The van der Waals surface area contributed by atoms with Crippen molar-refractivity contribution in [1.29, 1.82) is 0 Å². The molecule has 1 aromatic heterocycles. The van der Waals surface area contributed by atoms with Gasteiger partial charge in [-0.1, -0.05) is 54.1 Å². The molecule has 0 saturated carbocycles. The SMILES string of the molecule is Cc1ccc(C(=O)c2cccn2CC=Cc2cccc(OCC(C)(C)C(=O)O)c2)cc1. The van der Waals surface area contributed by atoms with Crippen molar-refractivity contribution < 1.29 is 19.4 Å². The van der Waals surface area contributed by atoms with Gasteiger partial charge in [0.05, 0.1) is 11.1 Å². The second-order valence-corrected chi connectivity index (χ2v) is 8.19. The van der Waals surface area contributed by atoms with Gasteiger partial charge in [-0.2, -0.15) is 0 Å². The molecule has 2 aromatic carbocycles. The van der Waals surface area contributed by atoms with Gasteiger partial charge < -0.3 is 14.4 Å². The van der Waals surface area contributed by atoms with Crippen LogP contribution in [0, 0.1) is 12.3 Å². The van der Waals surface area contributed by atoms with Gasteiger partial charge >= 0.3 is 5.97 Å². The van der Waals surface area contributed by atoms with Crippen molar-refractivity contribution in [3.05, 3.63) is 95.3 Å². The summed E-state index contributed by atoms with van der Waals surface area (Å²) in [5, 5.41) is 9.21. The molecule has 1 N–H and O–H groups in total. The first-order chi connectivity index (χ1) is 14.8. The number of carboxylic acids is 1. The smallest absolute Gasteiger partial charge is 0.312 e. The van der Waals surface area contributed by atoms with Gasteiger partial charge in [0.1, 0.15) is 12.4 Å². The quantitative estimate of drug-likeness (QED) is 0.484. The Morgan fingerprint density at radius 2 is 1.81 bits per heavy atom. The molecule has 0 fully saturated rings. The molecule has 0 radical (unpaired) electrons. The topological polar surface area (TPSA) is 68.5 Å². The maximum atomic E-state index is 12.8. The van der Waals surface area contributed by atoms with Gasteiger partial charge in [0, 0.05) is 18.3 Å². The Labute approximate surface area is 182 Å². The van der Waals surface area contributed by atoms with Crippen LogP contribution in [0.1, 0.15) is 41.0 Å². The Kier molecular flexibility index (Phi) is 6.75. The first kappa shape index (κ1) is 22.1. The van der Waals surface area contributed by atoms with Crippen molar-refractivity contribution in [1.82, 2.24) is 4.57 Å². The summed E-state index contributed by atoms with van der Waals surface area (Å²) in [5.74, 6) is -0.284. The molecule has 0 atom stereocenters.